The monoisotopic (exact) mass is 442 g/mol. The van der Waals surface area contributed by atoms with Gasteiger partial charge in [-0.25, -0.2) is 0 Å². The largest absolute Gasteiger partial charge is 0.490 e. The van der Waals surface area contributed by atoms with E-state index in [0.29, 0.717) is 29.1 Å². The Hall–Kier alpha value is -2.61. The van der Waals surface area contributed by atoms with E-state index in [0.717, 1.165) is 17.1 Å². The van der Waals surface area contributed by atoms with Crippen LogP contribution in [-0.2, 0) is 11.8 Å². The summed E-state index contributed by atoms with van der Waals surface area (Å²) in [5, 5.41) is 4.60. The van der Waals surface area contributed by atoms with Crippen molar-refractivity contribution in [1.82, 2.24) is 14.9 Å². The molecule has 4 rings (SSSR count). The van der Waals surface area contributed by atoms with Crippen molar-refractivity contribution < 1.29 is 9.47 Å². The SMILES string of the molecule is COCCOc1ccc(N2C(=S)N[C@H](c3ccccn3)[C@H]2c2cccn2C)cc1Cl. The Balaban J connectivity index is 1.71. The number of thiocarbonyl (C=S) groups is 1. The number of aryl methyl sites for hydroxylation is 1. The zero-order chi connectivity index (χ0) is 21.1. The molecule has 1 aliphatic heterocycles. The van der Waals surface area contributed by atoms with Crippen LogP contribution in [0.1, 0.15) is 23.5 Å². The van der Waals surface area contributed by atoms with Gasteiger partial charge in [0.1, 0.15) is 18.4 Å². The first-order chi connectivity index (χ1) is 14.6. The third kappa shape index (κ3) is 4.01. The second kappa shape index (κ2) is 9.04. The summed E-state index contributed by atoms with van der Waals surface area (Å²) in [7, 11) is 3.67. The number of pyridine rings is 1. The van der Waals surface area contributed by atoms with Gasteiger partial charge in [0, 0.05) is 37.9 Å². The van der Waals surface area contributed by atoms with Gasteiger partial charge < -0.3 is 24.3 Å². The van der Waals surface area contributed by atoms with E-state index < -0.39 is 0 Å². The van der Waals surface area contributed by atoms with Crippen molar-refractivity contribution >= 4 is 34.6 Å². The topological polar surface area (TPSA) is 51.6 Å². The molecule has 0 spiro atoms. The van der Waals surface area contributed by atoms with Gasteiger partial charge in [0.2, 0.25) is 0 Å². The molecule has 0 bridgehead atoms. The Morgan fingerprint density at radius 3 is 2.70 bits per heavy atom. The molecule has 1 fully saturated rings. The van der Waals surface area contributed by atoms with Gasteiger partial charge in [-0.2, -0.15) is 0 Å². The second-order valence-corrected chi connectivity index (χ2v) is 7.79. The molecule has 6 nitrogen and oxygen atoms in total. The van der Waals surface area contributed by atoms with E-state index in [9.17, 15) is 0 Å². The molecular formula is C22H23ClN4O2S. The molecule has 0 aliphatic carbocycles. The summed E-state index contributed by atoms with van der Waals surface area (Å²) in [6.45, 7) is 0.937. The molecule has 0 radical (unpaired) electrons. The number of aromatic nitrogens is 2. The maximum absolute atomic E-state index is 6.52. The highest BCUT2D eigenvalue weighted by Gasteiger charge is 2.41. The minimum atomic E-state index is -0.0938. The van der Waals surface area contributed by atoms with Crippen LogP contribution in [0.2, 0.25) is 5.02 Å². The van der Waals surface area contributed by atoms with Crippen LogP contribution in [0, 0.1) is 0 Å². The summed E-state index contributed by atoms with van der Waals surface area (Å²) >= 11 is 12.3. The zero-order valence-electron chi connectivity index (χ0n) is 16.8. The van der Waals surface area contributed by atoms with E-state index in [1.807, 2.05) is 55.7 Å². The Bertz CT molecular complexity index is 1030. The lowest BCUT2D eigenvalue weighted by Crippen LogP contribution is -2.30. The second-order valence-electron chi connectivity index (χ2n) is 7.00. The fourth-order valence-electron chi connectivity index (χ4n) is 3.71. The Morgan fingerprint density at radius 1 is 1.17 bits per heavy atom. The van der Waals surface area contributed by atoms with Crippen molar-refractivity contribution in [1.29, 1.82) is 0 Å². The van der Waals surface area contributed by atoms with Gasteiger partial charge in [-0.3, -0.25) is 4.98 Å². The number of anilines is 1. The van der Waals surface area contributed by atoms with E-state index >= 15 is 0 Å². The van der Waals surface area contributed by atoms with Crippen molar-refractivity contribution in [3.8, 4) is 5.75 Å². The molecule has 0 unspecified atom stereocenters. The number of methoxy groups -OCH3 is 1. The van der Waals surface area contributed by atoms with Crippen LogP contribution in [0.15, 0.2) is 60.9 Å². The molecule has 8 heteroatoms. The number of benzene rings is 1. The summed E-state index contributed by atoms with van der Waals surface area (Å²) in [6, 6.07) is 15.6. The molecule has 1 aromatic carbocycles. The van der Waals surface area contributed by atoms with Crippen molar-refractivity contribution in [3.05, 3.63) is 77.3 Å². The van der Waals surface area contributed by atoms with Crippen molar-refractivity contribution in [2.24, 2.45) is 7.05 Å². The summed E-state index contributed by atoms with van der Waals surface area (Å²) < 4.78 is 12.8. The molecule has 1 N–H and O–H groups in total. The molecule has 0 saturated carbocycles. The summed E-state index contributed by atoms with van der Waals surface area (Å²) in [4.78, 5) is 6.66. The maximum Gasteiger partial charge on any atom is 0.174 e. The van der Waals surface area contributed by atoms with Gasteiger partial charge in [0.25, 0.3) is 0 Å². The van der Waals surface area contributed by atoms with Crippen molar-refractivity contribution in [2.75, 3.05) is 25.2 Å². The van der Waals surface area contributed by atoms with Crippen LogP contribution in [-0.4, -0.2) is 35.0 Å². The number of hydrogen-bond donors (Lipinski definition) is 1. The van der Waals surface area contributed by atoms with E-state index in [1.54, 1.807) is 13.3 Å². The van der Waals surface area contributed by atoms with Gasteiger partial charge >= 0.3 is 0 Å². The van der Waals surface area contributed by atoms with Crippen LogP contribution < -0.4 is 15.0 Å². The third-order valence-corrected chi connectivity index (χ3v) is 5.73. The Morgan fingerprint density at radius 2 is 2.03 bits per heavy atom. The molecule has 0 amide bonds. The van der Waals surface area contributed by atoms with Crippen LogP contribution in [0.25, 0.3) is 0 Å². The van der Waals surface area contributed by atoms with E-state index in [4.69, 9.17) is 33.3 Å². The maximum atomic E-state index is 6.52. The normalized spacial score (nSPS) is 18.5. The van der Waals surface area contributed by atoms with Gasteiger partial charge in [-0.1, -0.05) is 17.7 Å². The lowest BCUT2D eigenvalue weighted by atomic mass is 10.0. The standard InChI is InChI=1S/C22H23ClN4O2S/c1-26-11-5-7-18(26)21-20(17-6-3-4-10-24-17)25-22(30)27(21)15-8-9-19(16(23)14-15)29-13-12-28-2/h3-11,14,20-21H,12-13H2,1-2H3,(H,25,30)/t20-,21-/m1/s1. The first kappa shape index (κ1) is 20.7. The minimum absolute atomic E-state index is 0.0799. The van der Waals surface area contributed by atoms with Crippen molar-refractivity contribution in [2.45, 2.75) is 12.1 Å². The van der Waals surface area contributed by atoms with Gasteiger partial charge in [0.15, 0.2) is 5.11 Å². The molecule has 1 aliphatic rings. The molecule has 2 aromatic heterocycles. The summed E-state index contributed by atoms with van der Waals surface area (Å²) in [5.74, 6) is 0.618. The molecule has 3 heterocycles. The van der Waals surface area contributed by atoms with Crippen LogP contribution in [0.5, 0.6) is 5.75 Å². The smallest absolute Gasteiger partial charge is 0.174 e. The van der Waals surface area contributed by atoms with E-state index in [1.165, 1.54) is 0 Å². The average molecular weight is 443 g/mol. The quantitative estimate of drug-likeness (QED) is 0.435. The Kier molecular flexibility index (Phi) is 6.22. The fourth-order valence-corrected chi connectivity index (χ4v) is 4.28. The highest BCUT2D eigenvalue weighted by Crippen LogP contribution is 2.42. The lowest BCUT2D eigenvalue weighted by molar-refractivity contribution is 0.146. The third-order valence-electron chi connectivity index (χ3n) is 5.12. The number of nitrogens with zero attached hydrogens (tertiary/aromatic N) is 3. The summed E-state index contributed by atoms with van der Waals surface area (Å²) in [5.41, 5.74) is 2.94. The summed E-state index contributed by atoms with van der Waals surface area (Å²) in [6.07, 6.45) is 3.83. The number of halogens is 1. The highest BCUT2D eigenvalue weighted by atomic mass is 35.5. The van der Waals surface area contributed by atoms with Crippen molar-refractivity contribution in [3.63, 3.8) is 0 Å². The molecule has 1 saturated heterocycles. The number of hydrogen-bond acceptors (Lipinski definition) is 4. The lowest BCUT2D eigenvalue weighted by Gasteiger charge is -2.28. The minimum Gasteiger partial charge on any atom is -0.490 e. The van der Waals surface area contributed by atoms with E-state index in [2.05, 4.69) is 25.8 Å². The molecule has 156 valence electrons. The predicted molar refractivity (Wildman–Crippen MR) is 122 cm³/mol. The Labute approximate surface area is 186 Å². The van der Waals surface area contributed by atoms with Crippen LogP contribution in [0.3, 0.4) is 0 Å². The fraction of sp³-hybridized carbons (Fsp3) is 0.273. The van der Waals surface area contributed by atoms with Gasteiger partial charge in [0.05, 0.1) is 23.4 Å². The highest BCUT2D eigenvalue weighted by molar-refractivity contribution is 7.80. The van der Waals surface area contributed by atoms with Gasteiger partial charge in [-0.05, 0) is 54.7 Å². The van der Waals surface area contributed by atoms with E-state index in [-0.39, 0.29) is 12.1 Å². The molecular weight excluding hydrogens is 420 g/mol. The molecule has 2 atom stereocenters. The number of ether oxygens (including phenoxy) is 2. The number of rotatable bonds is 7. The van der Waals surface area contributed by atoms with Crippen LogP contribution in [0.4, 0.5) is 5.69 Å². The molecule has 30 heavy (non-hydrogen) atoms. The first-order valence-electron chi connectivity index (χ1n) is 9.63. The van der Waals surface area contributed by atoms with Crippen LogP contribution >= 0.6 is 23.8 Å². The van der Waals surface area contributed by atoms with Gasteiger partial charge in [-0.15, -0.1) is 0 Å². The molecule has 3 aromatic rings. The first-order valence-corrected chi connectivity index (χ1v) is 10.4. The number of nitrogens with one attached hydrogen (secondary N) is 1. The predicted octanol–water partition coefficient (Wildman–Crippen LogP) is 4.28. The zero-order valence-corrected chi connectivity index (χ0v) is 18.4. The average Bonchev–Trinajstić information content (AvgIpc) is 3.32.